The number of carboxylic acids is 1. The molecule has 0 aliphatic heterocycles. The van der Waals surface area contributed by atoms with E-state index < -0.39 is 17.9 Å². The Morgan fingerprint density at radius 3 is 2.44 bits per heavy atom. The second-order valence-electron chi connectivity index (χ2n) is 4.37. The van der Waals surface area contributed by atoms with Gasteiger partial charge in [0.2, 0.25) is 5.91 Å². The van der Waals surface area contributed by atoms with Crippen molar-refractivity contribution in [1.82, 2.24) is 10.6 Å². The molecule has 1 aliphatic carbocycles. The SMILES string of the molecule is CSC1(CNC(=O)NC(=O)CCCC(=O)O)CC1. The molecule has 0 bridgehead atoms. The fraction of sp³-hybridized carbons (Fsp3) is 0.727. The second-order valence-corrected chi connectivity index (χ2v) is 5.64. The Hall–Kier alpha value is -1.24. The molecule has 7 heteroatoms. The van der Waals surface area contributed by atoms with E-state index in [-0.39, 0.29) is 24.0 Å². The molecule has 0 unspecified atom stereocenters. The maximum absolute atomic E-state index is 11.4. The zero-order valence-electron chi connectivity index (χ0n) is 10.3. The van der Waals surface area contributed by atoms with Crippen molar-refractivity contribution in [2.45, 2.75) is 36.9 Å². The molecule has 1 saturated carbocycles. The number of carbonyl (C=O) groups is 3. The summed E-state index contributed by atoms with van der Waals surface area (Å²) < 4.78 is 0.156. The van der Waals surface area contributed by atoms with E-state index in [9.17, 15) is 14.4 Å². The fourth-order valence-electron chi connectivity index (χ4n) is 1.47. The first kappa shape index (κ1) is 14.8. The average molecular weight is 274 g/mol. The van der Waals surface area contributed by atoms with Crippen LogP contribution in [0.25, 0.3) is 0 Å². The Morgan fingerprint density at radius 2 is 1.94 bits per heavy atom. The molecule has 3 amide bonds. The summed E-state index contributed by atoms with van der Waals surface area (Å²) in [7, 11) is 0. The smallest absolute Gasteiger partial charge is 0.321 e. The maximum Gasteiger partial charge on any atom is 0.321 e. The molecule has 1 aliphatic rings. The van der Waals surface area contributed by atoms with Gasteiger partial charge in [-0.2, -0.15) is 11.8 Å². The van der Waals surface area contributed by atoms with Crippen molar-refractivity contribution >= 4 is 29.7 Å². The van der Waals surface area contributed by atoms with E-state index in [2.05, 4.69) is 10.6 Å². The van der Waals surface area contributed by atoms with Crippen LogP contribution < -0.4 is 10.6 Å². The number of carbonyl (C=O) groups excluding carboxylic acids is 2. The highest BCUT2D eigenvalue weighted by Crippen LogP contribution is 2.46. The third kappa shape index (κ3) is 5.39. The van der Waals surface area contributed by atoms with E-state index in [1.54, 1.807) is 11.8 Å². The Labute approximate surface area is 110 Å². The van der Waals surface area contributed by atoms with Crippen molar-refractivity contribution in [1.29, 1.82) is 0 Å². The number of hydrogen-bond donors (Lipinski definition) is 3. The highest BCUT2D eigenvalue weighted by molar-refractivity contribution is 8.00. The normalized spacial score (nSPS) is 15.8. The number of thioether (sulfide) groups is 1. The van der Waals surface area contributed by atoms with E-state index in [0.29, 0.717) is 6.54 Å². The molecule has 3 N–H and O–H groups in total. The lowest BCUT2D eigenvalue weighted by molar-refractivity contribution is -0.137. The van der Waals surface area contributed by atoms with Gasteiger partial charge in [-0.3, -0.25) is 14.9 Å². The molecule has 18 heavy (non-hydrogen) atoms. The molecule has 0 heterocycles. The van der Waals surface area contributed by atoms with Crippen LogP contribution in [0.5, 0.6) is 0 Å². The Kier molecular flexibility index (Phi) is 5.46. The van der Waals surface area contributed by atoms with Crippen molar-refractivity contribution in [3.63, 3.8) is 0 Å². The largest absolute Gasteiger partial charge is 0.481 e. The van der Waals surface area contributed by atoms with Gasteiger partial charge in [0.1, 0.15) is 0 Å². The van der Waals surface area contributed by atoms with Crippen molar-refractivity contribution in [3.8, 4) is 0 Å². The topological polar surface area (TPSA) is 95.5 Å². The number of carboxylic acid groups (broad SMARTS) is 1. The molecule has 6 nitrogen and oxygen atoms in total. The average Bonchev–Trinajstić information content (AvgIpc) is 3.06. The van der Waals surface area contributed by atoms with Crippen LogP contribution in [0.4, 0.5) is 4.79 Å². The molecule has 102 valence electrons. The minimum Gasteiger partial charge on any atom is -0.481 e. The fourth-order valence-corrected chi connectivity index (χ4v) is 2.19. The first-order chi connectivity index (χ1) is 8.47. The monoisotopic (exact) mass is 274 g/mol. The van der Waals surface area contributed by atoms with E-state index in [1.165, 1.54) is 0 Å². The molecular formula is C11H18N2O4S. The van der Waals surface area contributed by atoms with Gasteiger partial charge >= 0.3 is 12.0 Å². The van der Waals surface area contributed by atoms with Crippen molar-refractivity contribution in [2.75, 3.05) is 12.8 Å². The summed E-state index contributed by atoms with van der Waals surface area (Å²) in [6.45, 7) is 0.558. The first-order valence-corrected chi connectivity index (χ1v) is 7.04. The lowest BCUT2D eigenvalue weighted by Crippen LogP contribution is -2.42. The molecule has 0 saturated heterocycles. The number of aliphatic carboxylic acids is 1. The third-order valence-electron chi connectivity index (χ3n) is 2.86. The summed E-state index contributed by atoms with van der Waals surface area (Å²) in [5.41, 5.74) is 0. The van der Waals surface area contributed by atoms with Crippen molar-refractivity contribution < 1.29 is 19.5 Å². The van der Waals surface area contributed by atoms with Gasteiger partial charge in [-0.1, -0.05) is 0 Å². The minimum absolute atomic E-state index is 0.0490. The van der Waals surface area contributed by atoms with Gasteiger partial charge in [0.05, 0.1) is 0 Å². The first-order valence-electron chi connectivity index (χ1n) is 5.82. The van der Waals surface area contributed by atoms with Crippen LogP contribution in [0.1, 0.15) is 32.1 Å². The Morgan fingerprint density at radius 1 is 1.28 bits per heavy atom. The van der Waals surface area contributed by atoms with E-state index in [4.69, 9.17) is 5.11 Å². The number of imide groups is 1. The van der Waals surface area contributed by atoms with Gasteiger partial charge in [-0.15, -0.1) is 0 Å². The van der Waals surface area contributed by atoms with Crippen LogP contribution in [0, 0.1) is 0 Å². The van der Waals surface area contributed by atoms with E-state index in [1.807, 2.05) is 6.26 Å². The zero-order chi connectivity index (χ0) is 13.6. The van der Waals surface area contributed by atoms with Crippen molar-refractivity contribution in [3.05, 3.63) is 0 Å². The van der Waals surface area contributed by atoms with Crippen molar-refractivity contribution in [2.24, 2.45) is 0 Å². The third-order valence-corrected chi connectivity index (χ3v) is 4.28. The Bertz CT molecular complexity index is 342. The van der Waals surface area contributed by atoms with E-state index in [0.717, 1.165) is 12.8 Å². The molecule has 1 rings (SSSR count). The van der Waals surface area contributed by atoms with Gasteiger partial charge < -0.3 is 10.4 Å². The zero-order valence-corrected chi connectivity index (χ0v) is 11.1. The second kappa shape index (κ2) is 6.63. The summed E-state index contributed by atoms with van der Waals surface area (Å²) in [6, 6.07) is -0.504. The van der Waals surface area contributed by atoms with E-state index >= 15 is 0 Å². The van der Waals surface area contributed by atoms with Crippen LogP contribution in [0.15, 0.2) is 0 Å². The number of nitrogens with one attached hydrogen (secondary N) is 2. The van der Waals surface area contributed by atoms with Crippen LogP contribution >= 0.6 is 11.8 Å². The summed E-state index contributed by atoms with van der Waals surface area (Å²) in [5, 5.41) is 13.2. The molecule has 1 fully saturated rings. The molecule has 0 aromatic heterocycles. The number of amides is 3. The molecule has 0 radical (unpaired) electrons. The highest BCUT2D eigenvalue weighted by atomic mass is 32.2. The Balaban J connectivity index is 2.11. The number of rotatable bonds is 7. The predicted octanol–water partition coefficient (Wildman–Crippen LogP) is 0.963. The molecule has 0 spiro atoms. The quantitative estimate of drug-likeness (QED) is 0.642. The van der Waals surface area contributed by atoms with Gasteiger partial charge in [-0.05, 0) is 25.5 Å². The molecule has 0 atom stereocenters. The van der Waals surface area contributed by atoms with Crippen LogP contribution in [0.3, 0.4) is 0 Å². The lowest BCUT2D eigenvalue weighted by atomic mass is 10.2. The number of urea groups is 1. The predicted molar refractivity (Wildman–Crippen MR) is 68.5 cm³/mol. The van der Waals surface area contributed by atoms with Crippen LogP contribution in [-0.4, -0.2) is 40.6 Å². The standard InChI is InChI=1S/C11H18N2O4S/c1-18-11(5-6-11)7-12-10(17)13-8(14)3-2-4-9(15)16/h2-7H2,1H3,(H,15,16)(H2,12,13,14,17). The van der Waals surface area contributed by atoms with Crippen LogP contribution in [0.2, 0.25) is 0 Å². The summed E-state index contributed by atoms with van der Waals surface area (Å²) in [5.74, 6) is -1.38. The summed E-state index contributed by atoms with van der Waals surface area (Å²) >= 11 is 1.72. The van der Waals surface area contributed by atoms with Gasteiger partial charge in [0.15, 0.2) is 0 Å². The summed E-state index contributed by atoms with van der Waals surface area (Å²) in [6.07, 6.45) is 4.40. The van der Waals surface area contributed by atoms with Crippen LogP contribution in [-0.2, 0) is 9.59 Å². The highest BCUT2D eigenvalue weighted by Gasteiger charge is 2.41. The van der Waals surface area contributed by atoms with Gasteiger partial charge in [0.25, 0.3) is 0 Å². The summed E-state index contributed by atoms with van der Waals surface area (Å²) in [4.78, 5) is 32.9. The molecular weight excluding hydrogens is 256 g/mol. The molecule has 0 aromatic carbocycles. The lowest BCUT2D eigenvalue weighted by Gasteiger charge is -2.13. The van der Waals surface area contributed by atoms with Gasteiger partial charge in [0, 0.05) is 24.1 Å². The van der Waals surface area contributed by atoms with Gasteiger partial charge in [-0.25, -0.2) is 4.79 Å². The number of hydrogen-bond acceptors (Lipinski definition) is 4. The minimum atomic E-state index is -0.942. The maximum atomic E-state index is 11.4. The molecule has 0 aromatic rings.